The second-order valence-electron chi connectivity index (χ2n) is 8.75. The van der Waals surface area contributed by atoms with E-state index in [4.69, 9.17) is 19.6 Å². The first-order valence-electron chi connectivity index (χ1n) is 11.9. The number of rotatable bonds is 3. The number of benzene rings is 2. The molecule has 0 saturated carbocycles. The maximum atomic E-state index is 10.5. The Morgan fingerprint density at radius 1 is 1.03 bits per heavy atom. The lowest BCUT2D eigenvalue weighted by molar-refractivity contribution is -0.344. The van der Waals surface area contributed by atoms with E-state index in [1.807, 2.05) is 11.3 Å². The fraction of sp³-hybridized carbons (Fsp3) is 0.480. The molecule has 0 spiro atoms. The van der Waals surface area contributed by atoms with Gasteiger partial charge in [0.15, 0.2) is 0 Å². The van der Waals surface area contributed by atoms with Crippen LogP contribution in [-0.2, 0) is 16.0 Å². The molecule has 11 heteroatoms. The molecule has 0 radical (unpaired) electrons. The molecule has 0 unspecified atom stereocenters. The zero-order valence-electron chi connectivity index (χ0n) is 20.3. The normalized spacial score (nSPS) is 16.7. The Labute approximate surface area is 211 Å². The molecule has 2 aromatic carbocycles. The predicted octanol–water partition coefficient (Wildman–Crippen LogP) is 3.15. The van der Waals surface area contributed by atoms with Crippen LogP contribution in [0.15, 0.2) is 24.3 Å². The lowest BCUT2D eigenvalue weighted by Gasteiger charge is -2.29. The molecule has 2 saturated heterocycles. The van der Waals surface area contributed by atoms with E-state index in [0.717, 1.165) is 64.4 Å². The van der Waals surface area contributed by atoms with Gasteiger partial charge in [-0.3, -0.25) is 0 Å². The number of hydrogen-bond donors (Lipinski definition) is 1. The van der Waals surface area contributed by atoms with Crippen LogP contribution in [0.4, 0.5) is 24.5 Å². The van der Waals surface area contributed by atoms with E-state index in [1.165, 1.54) is 37.4 Å². The van der Waals surface area contributed by atoms with Gasteiger partial charge in [0.05, 0.1) is 13.2 Å². The van der Waals surface area contributed by atoms with Crippen LogP contribution in [0.2, 0.25) is 0 Å². The predicted molar refractivity (Wildman–Crippen MR) is 135 cm³/mol. The number of fused-ring (bicyclic) bond motifs is 2. The highest BCUT2D eigenvalue weighted by molar-refractivity contribution is 7.24. The van der Waals surface area contributed by atoms with Crippen LogP contribution in [0.1, 0.15) is 18.1 Å². The summed E-state index contributed by atoms with van der Waals surface area (Å²) < 4.78 is 39.7. The Bertz CT molecular complexity index is 1240. The maximum absolute atomic E-state index is 10.5. The number of ether oxygens (including phenoxy) is 1. The standard InChI is InChI=1S/C23H29N4OS.C2HF3O2/c1-3-17-13-19(26-6-4-24-5-7-26)15-21-23(17)25-22-16(2)12-18(14-20(22)29-21)27-8-10-28-11-9-27;3-2(4,5)1(6)7/h12-15,24H,3-11H2,1-2H3;(H,6,7)/q+1;/p-1. The summed E-state index contributed by atoms with van der Waals surface area (Å²) in [6, 6.07) is 9.33. The van der Waals surface area contributed by atoms with E-state index in [-0.39, 0.29) is 0 Å². The van der Waals surface area contributed by atoms with E-state index in [2.05, 4.69) is 53.2 Å². The number of nitrogens with zero attached hydrogens (tertiary/aromatic N) is 3. The zero-order chi connectivity index (χ0) is 25.9. The van der Waals surface area contributed by atoms with E-state index >= 15 is 0 Å². The topological polar surface area (TPSA) is 80.8 Å². The number of carbonyl (C=O) groups excluding carboxylic acids is 1. The molecular formula is C25H29F3N4O3S. The van der Waals surface area contributed by atoms with Crippen LogP contribution in [0.3, 0.4) is 0 Å². The van der Waals surface area contributed by atoms with Gasteiger partial charge >= 0.3 is 6.18 Å². The summed E-state index contributed by atoms with van der Waals surface area (Å²) in [5.74, 6) is -3.01. The van der Waals surface area contributed by atoms with Crippen molar-refractivity contribution in [3.63, 3.8) is 0 Å². The Morgan fingerprint density at radius 2 is 1.58 bits per heavy atom. The molecule has 1 aromatic heterocycles. The van der Waals surface area contributed by atoms with Gasteiger partial charge in [0.1, 0.15) is 17.0 Å². The number of carbonyl (C=O) groups is 1. The minimum atomic E-state index is -5.19. The van der Waals surface area contributed by atoms with Gasteiger partial charge in [-0.1, -0.05) is 6.92 Å². The summed E-state index contributed by atoms with van der Waals surface area (Å²) >= 11 is 1.89. The summed E-state index contributed by atoms with van der Waals surface area (Å²) in [5, 5.41) is 12.2. The van der Waals surface area contributed by atoms with Gasteiger partial charge in [0.25, 0.3) is 9.40 Å². The highest BCUT2D eigenvalue weighted by atomic mass is 32.1. The maximum Gasteiger partial charge on any atom is 0.430 e. The number of nitrogens with one attached hydrogen (secondary N) is 1. The molecule has 0 bridgehead atoms. The molecular weight excluding hydrogens is 493 g/mol. The first-order valence-corrected chi connectivity index (χ1v) is 12.8. The van der Waals surface area contributed by atoms with E-state index < -0.39 is 12.1 Å². The molecule has 0 amide bonds. The Balaban J connectivity index is 0.000000384. The summed E-state index contributed by atoms with van der Waals surface area (Å²) in [5.41, 5.74) is 7.57. The first kappa shape index (κ1) is 26.3. The lowest BCUT2D eigenvalue weighted by atomic mass is 10.1. The summed E-state index contributed by atoms with van der Waals surface area (Å²) in [7, 11) is 0. The summed E-state index contributed by atoms with van der Waals surface area (Å²) in [6.45, 7) is 12.2. The number of hydrogen-bond acceptors (Lipinski definition) is 7. The molecule has 0 aliphatic carbocycles. The van der Waals surface area contributed by atoms with Crippen molar-refractivity contribution < 1.29 is 27.8 Å². The lowest BCUT2D eigenvalue weighted by Crippen LogP contribution is -2.43. The largest absolute Gasteiger partial charge is 0.542 e. The highest BCUT2D eigenvalue weighted by Crippen LogP contribution is 2.35. The number of piperazine rings is 1. The monoisotopic (exact) mass is 522 g/mol. The first-order chi connectivity index (χ1) is 17.2. The molecule has 3 heterocycles. The molecule has 2 aliphatic heterocycles. The molecule has 3 aromatic rings. The van der Waals surface area contributed by atoms with E-state index in [0.29, 0.717) is 0 Å². The fourth-order valence-electron chi connectivity index (χ4n) is 4.41. The SMILES string of the molecule is CCc1cc(N2CCNCC2)cc2[s+]c3cc(N4CCOCC4)cc(C)c3nc12.O=C([O-])C(F)(F)F. The number of aryl methyl sites for hydroxylation is 2. The number of morpholine rings is 1. The number of aliphatic carboxylic acids is 1. The smallest absolute Gasteiger partial charge is 0.430 e. The fourth-order valence-corrected chi connectivity index (χ4v) is 5.59. The van der Waals surface area contributed by atoms with Crippen LogP contribution in [0.5, 0.6) is 0 Å². The number of aromatic nitrogens is 1. The Hall–Kier alpha value is -2.76. The van der Waals surface area contributed by atoms with Crippen molar-refractivity contribution in [2.75, 3.05) is 62.3 Å². The molecule has 2 aliphatic rings. The van der Waals surface area contributed by atoms with Crippen LogP contribution in [-0.4, -0.2) is 69.6 Å². The summed E-state index contributed by atoms with van der Waals surface area (Å²) in [6.07, 6.45) is -4.19. The van der Waals surface area contributed by atoms with Crippen LogP contribution >= 0.6 is 11.3 Å². The third kappa shape index (κ3) is 5.96. The van der Waals surface area contributed by atoms with Crippen molar-refractivity contribution in [1.82, 2.24) is 10.3 Å². The minimum Gasteiger partial charge on any atom is -0.542 e. The number of carboxylic acid groups (broad SMARTS) is 1. The number of alkyl halides is 3. The average molecular weight is 523 g/mol. The quantitative estimate of drug-likeness (QED) is 0.418. The number of carboxylic acids is 1. The van der Waals surface area contributed by atoms with Gasteiger partial charge < -0.3 is 29.8 Å². The van der Waals surface area contributed by atoms with Gasteiger partial charge in [-0.2, -0.15) is 13.2 Å². The average Bonchev–Trinajstić information content (AvgIpc) is 2.88. The molecule has 7 nitrogen and oxygen atoms in total. The zero-order valence-corrected chi connectivity index (χ0v) is 21.1. The van der Waals surface area contributed by atoms with Crippen molar-refractivity contribution in [1.29, 1.82) is 0 Å². The third-order valence-electron chi connectivity index (χ3n) is 6.30. The van der Waals surface area contributed by atoms with Crippen LogP contribution < -0.4 is 20.2 Å². The van der Waals surface area contributed by atoms with Gasteiger partial charge in [0, 0.05) is 62.8 Å². The second kappa shape index (κ2) is 11.1. The van der Waals surface area contributed by atoms with E-state index in [1.54, 1.807) is 0 Å². The van der Waals surface area contributed by atoms with Crippen LogP contribution in [0, 0.1) is 6.92 Å². The molecule has 36 heavy (non-hydrogen) atoms. The highest BCUT2D eigenvalue weighted by Gasteiger charge is 2.29. The second-order valence-corrected chi connectivity index (χ2v) is 9.83. The van der Waals surface area contributed by atoms with Crippen molar-refractivity contribution in [3.8, 4) is 0 Å². The van der Waals surface area contributed by atoms with Crippen molar-refractivity contribution in [3.05, 3.63) is 35.4 Å². The summed E-state index contributed by atoms with van der Waals surface area (Å²) in [4.78, 5) is 18.9. The Morgan fingerprint density at radius 3 is 2.17 bits per heavy atom. The molecule has 1 N–H and O–H groups in total. The number of halogens is 3. The van der Waals surface area contributed by atoms with Gasteiger partial charge in [-0.05, 0) is 36.6 Å². The van der Waals surface area contributed by atoms with Gasteiger partial charge in [-0.25, -0.2) is 4.98 Å². The minimum absolute atomic E-state index is 0.810. The molecule has 0 atom stereocenters. The van der Waals surface area contributed by atoms with Crippen molar-refractivity contribution >= 4 is 49.1 Å². The Kier molecular flexibility index (Phi) is 8.11. The molecule has 2 fully saturated rings. The third-order valence-corrected chi connectivity index (χ3v) is 7.37. The van der Waals surface area contributed by atoms with Crippen molar-refractivity contribution in [2.45, 2.75) is 26.4 Å². The molecule has 194 valence electrons. The van der Waals surface area contributed by atoms with Gasteiger partial charge in [0.2, 0.25) is 11.3 Å². The molecule has 5 rings (SSSR count). The van der Waals surface area contributed by atoms with Gasteiger partial charge in [-0.15, -0.1) is 0 Å². The van der Waals surface area contributed by atoms with Crippen molar-refractivity contribution in [2.24, 2.45) is 0 Å². The number of anilines is 2. The van der Waals surface area contributed by atoms with E-state index in [9.17, 15) is 13.2 Å². The van der Waals surface area contributed by atoms with Crippen LogP contribution in [0.25, 0.3) is 20.4 Å².